The van der Waals surface area contributed by atoms with Crippen molar-refractivity contribution in [2.75, 3.05) is 14.2 Å². The maximum absolute atomic E-state index is 11.5. The van der Waals surface area contributed by atoms with Gasteiger partial charge in [0.05, 0.1) is 19.6 Å². The van der Waals surface area contributed by atoms with Crippen LogP contribution < -0.4 is 0 Å². The minimum Gasteiger partial charge on any atom is -0.469 e. The molecule has 0 amide bonds. The van der Waals surface area contributed by atoms with Gasteiger partial charge in [0.15, 0.2) is 0 Å². The summed E-state index contributed by atoms with van der Waals surface area (Å²) in [6, 6.07) is 1.20. The second-order valence-electron chi connectivity index (χ2n) is 6.65. The van der Waals surface area contributed by atoms with E-state index in [1.165, 1.54) is 13.2 Å². The van der Waals surface area contributed by atoms with Gasteiger partial charge in [-0.25, -0.2) is 0 Å². The Morgan fingerprint density at radius 1 is 1.26 bits per heavy atom. The van der Waals surface area contributed by atoms with Crippen molar-refractivity contribution in [2.45, 2.75) is 51.1 Å². The van der Waals surface area contributed by atoms with E-state index in [2.05, 4.69) is 31.8 Å². The normalized spacial score (nSPS) is 27.9. The van der Waals surface area contributed by atoms with E-state index in [4.69, 9.17) is 9.47 Å². The first-order chi connectivity index (χ1) is 8.87. The molecule has 3 nitrogen and oxygen atoms in total. The van der Waals surface area contributed by atoms with Gasteiger partial charge in [-0.1, -0.05) is 31.8 Å². The first-order valence-electron chi connectivity index (χ1n) is 7.13. The maximum Gasteiger partial charge on any atom is 0.305 e. The summed E-state index contributed by atoms with van der Waals surface area (Å²) >= 11 is 0. The molecule has 1 fully saturated rings. The van der Waals surface area contributed by atoms with Crippen molar-refractivity contribution in [2.24, 2.45) is 11.8 Å². The molecule has 0 aromatic rings. The van der Waals surface area contributed by atoms with Crippen molar-refractivity contribution in [1.29, 1.82) is 0 Å². The Kier molecular flexibility index (Phi) is 6.27. The van der Waals surface area contributed by atoms with Crippen LogP contribution in [0, 0.1) is 11.8 Å². The molecular weight excluding hydrogens is 256 g/mol. The SMILES string of the molecule is COC(=O)C[C@@H]1[C@@H](/C=C/C[Si](C)(C)C)CC[C@H]1OC. The molecule has 0 N–H and O–H groups in total. The molecule has 1 saturated carbocycles. The Morgan fingerprint density at radius 3 is 2.47 bits per heavy atom. The van der Waals surface area contributed by atoms with E-state index in [9.17, 15) is 4.79 Å². The Bertz CT molecular complexity index is 320. The average molecular weight is 284 g/mol. The Morgan fingerprint density at radius 2 is 1.95 bits per heavy atom. The summed E-state index contributed by atoms with van der Waals surface area (Å²) in [4.78, 5) is 11.5. The molecule has 0 heterocycles. The van der Waals surface area contributed by atoms with Gasteiger partial charge in [-0.2, -0.15) is 0 Å². The van der Waals surface area contributed by atoms with Crippen LogP contribution in [0.2, 0.25) is 25.7 Å². The number of ether oxygens (including phenoxy) is 2. The molecule has 0 unspecified atom stereocenters. The van der Waals surface area contributed by atoms with Crippen LogP contribution >= 0.6 is 0 Å². The Balaban J connectivity index is 2.62. The third kappa shape index (κ3) is 5.49. The van der Waals surface area contributed by atoms with E-state index in [0.717, 1.165) is 12.8 Å². The predicted molar refractivity (Wildman–Crippen MR) is 80.9 cm³/mol. The average Bonchev–Trinajstić information content (AvgIpc) is 2.70. The molecular formula is C15H28O3Si. The smallest absolute Gasteiger partial charge is 0.305 e. The van der Waals surface area contributed by atoms with E-state index in [1.807, 2.05) is 0 Å². The van der Waals surface area contributed by atoms with Gasteiger partial charge in [0.25, 0.3) is 0 Å². The minimum atomic E-state index is -1.03. The third-order valence-electron chi connectivity index (χ3n) is 3.86. The van der Waals surface area contributed by atoms with Gasteiger partial charge in [-0.05, 0) is 24.8 Å². The number of rotatable bonds is 6. The molecule has 0 saturated heterocycles. The van der Waals surface area contributed by atoms with Gasteiger partial charge in [-0.15, -0.1) is 0 Å². The van der Waals surface area contributed by atoms with E-state index in [0.29, 0.717) is 12.3 Å². The minimum absolute atomic E-state index is 0.127. The van der Waals surface area contributed by atoms with Crippen molar-refractivity contribution in [3.8, 4) is 0 Å². The first-order valence-corrected chi connectivity index (χ1v) is 10.8. The molecule has 0 aromatic heterocycles. The van der Waals surface area contributed by atoms with E-state index < -0.39 is 8.07 Å². The largest absolute Gasteiger partial charge is 0.469 e. The molecule has 1 aliphatic rings. The van der Waals surface area contributed by atoms with Gasteiger partial charge in [0.2, 0.25) is 0 Å². The van der Waals surface area contributed by atoms with Crippen molar-refractivity contribution >= 4 is 14.0 Å². The zero-order valence-corrected chi connectivity index (χ0v) is 13.9. The summed E-state index contributed by atoms with van der Waals surface area (Å²) in [6.07, 6.45) is 7.45. The Labute approximate surface area is 118 Å². The third-order valence-corrected chi connectivity index (χ3v) is 5.32. The molecule has 4 heteroatoms. The maximum atomic E-state index is 11.5. The summed E-state index contributed by atoms with van der Waals surface area (Å²) in [7, 11) is 2.17. The summed E-state index contributed by atoms with van der Waals surface area (Å²) in [5.41, 5.74) is 0. The molecule has 0 spiro atoms. The quantitative estimate of drug-likeness (QED) is 0.425. The number of carbonyl (C=O) groups excluding carboxylic acids is 1. The first kappa shape index (κ1) is 16.4. The van der Waals surface area contributed by atoms with Crippen molar-refractivity contribution in [3.63, 3.8) is 0 Å². The van der Waals surface area contributed by atoms with Crippen LogP contribution in [0.5, 0.6) is 0 Å². The summed E-state index contributed by atoms with van der Waals surface area (Å²) in [5.74, 6) is 0.605. The molecule has 3 atom stereocenters. The van der Waals surface area contributed by atoms with Crippen LogP contribution in [0.4, 0.5) is 0 Å². The highest BCUT2D eigenvalue weighted by atomic mass is 28.3. The van der Waals surface area contributed by atoms with Crippen LogP contribution in [-0.4, -0.2) is 34.4 Å². The van der Waals surface area contributed by atoms with Crippen molar-refractivity contribution in [3.05, 3.63) is 12.2 Å². The van der Waals surface area contributed by atoms with Gasteiger partial charge in [0, 0.05) is 21.1 Å². The van der Waals surface area contributed by atoms with Crippen LogP contribution in [-0.2, 0) is 14.3 Å². The van der Waals surface area contributed by atoms with Gasteiger partial charge in [0.1, 0.15) is 0 Å². The summed E-state index contributed by atoms with van der Waals surface area (Å²) in [6.45, 7) is 7.11. The van der Waals surface area contributed by atoms with Gasteiger partial charge < -0.3 is 9.47 Å². The second kappa shape index (κ2) is 7.24. The van der Waals surface area contributed by atoms with E-state index in [-0.39, 0.29) is 18.0 Å². The molecule has 1 rings (SSSR count). The van der Waals surface area contributed by atoms with E-state index in [1.54, 1.807) is 7.11 Å². The van der Waals surface area contributed by atoms with E-state index >= 15 is 0 Å². The molecule has 19 heavy (non-hydrogen) atoms. The highest BCUT2D eigenvalue weighted by molar-refractivity contribution is 6.76. The molecule has 110 valence electrons. The number of carbonyl (C=O) groups is 1. The fraction of sp³-hybridized carbons (Fsp3) is 0.800. The fourth-order valence-corrected chi connectivity index (χ4v) is 3.59. The van der Waals surface area contributed by atoms with Crippen LogP contribution in [0.3, 0.4) is 0 Å². The number of allylic oxidation sites excluding steroid dienone is 2. The number of hydrogen-bond acceptors (Lipinski definition) is 3. The zero-order valence-electron chi connectivity index (χ0n) is 12.9. The Hall–Kier alpha value is -0.613. The van der Waals surface area contributed by atoms with Gasteiger partial charge >= 0.3 is 5.97 Å². The lowest BCUT2D eigenvalue weighted by molar-refractivity contribution is -0.143. The number of methoxy groups -OCH3 is 2. The molecule has 1 aliphatic carbocycles. The van der Waals surface area contributed by atoms with Crippen molar-refractivity contribution < 1.29 is 14.3 Å². The molecule has 0 bridgehead atoms. The highest BCUT2D eigenvalue weighted by Gasteiger charge is 2.36. The molecule has 0 aromatic carbocycles. The highest BCUT2D eigenvalue weighted by Crippen LogP contribution is 2.37. The lowest BCUT2D eigenvalue weighted by Crippen LogP contribution is -2.24. The molecule has 0 aliphatic heterocycles. The fourth-order valence-electron chi connectivity index (χ4n) is 2.75. The summed E-state index contributed by atoms with van der Waals surface area (Å²) < 4.78 is 10.3. The van der Waals surface area contributed by atoms with Crippen LogP contribution in [0.1, 0.15) is 19.3 Å². The molecule has 0 radical (unpaired) electrons. The zero-order chi connectivity index (χ0) is 14.5. The lowest BCUT2D eigenvalue weighted by atomic mass is 9.91. The summed E-state index contributed by atoms with van der Waals surface area (Å²) in [5, 5.41) is 0. The monoisotopic (exact) mass is 284 g/mol. The van der Waals surface area contributed by atoms with Crippen LogP contribution in [0.25, 0.3) is 0 Å². The second-order valence-corrected chi connectivity index (χ2v) is 12.2. The predicted octanol–water partition coefficient (Wildman–Crippen LogP) is 3.49. The number of hydrogen-bond donors (Lipinski definition) is 0. The van der Waals surface area contributed by atoms with Crippen molar-refractivity contribution in [1.82, 2.24) is 0 Å². The topological polar surface area (TPSA) is 35.5 Å². The lowest BCUT2D eigenvalue weighted by Gasteiger charge is -2.21. The standard InChI is InChI=1S/C15H28O3Si/c1-17-14-9-8-12(7-6-10-19(3,4)5)13(14)11-15(16)18-2/h6-7,12-14H,8-11H2,1-5H3/b7-6+/t12-,13+,14+/m0/s1. The number of esters is 1. The van der Waals surface area contributed by atoms with Gasteiger partial charge in [-0.3, -0.25) is 4.79 Å². The van der Waals surface area contributed by atoms with Crippen LogP contribution in [0.15, 0.2) is 12.2 Å².